The predicted molar refractivity (Wildman–Crippen MR) is 148 cm³/mol. The molecule has 0 saturated carbocycles. The molecule has 194 valence electrons. The summed E-state index contributed by atoms with van der Waals surface area (Å²) >= 11 is 1.23. The third-order valence-electron chi connectivity index (χ3n) is 6.88. The molecule has 0 aliphatic carbocycles. The zero-order chi connectivity index (χ0) is 24.3. The van der Waals surface area contributed by atoms with Gasteiger partial charge in [0.2, 0.25) is 0 Å². The molecular formula is C30H51O3S+. The van der Waals surface area contributed by atoms with Crippen LogP contribution in [-0.4, -0.2) is 29.9 Å². The van der Waals surface area contributed by atoms with Gasteiger partial charge in [-0.05, 0) is 56.6 Å². The van der Waals surface area contributed by atoms with E-state index >= 15 is 0 Å². The Morgan fingerprint density at radius 1 is 0.971 bits per heavy atom. The SMILES string of the molecule is CCCc1ccccc1C(=O)OC(C)[SH+]CCCCCCCCCCCCCC1CCCCO1. The molecule has 4 heteroatoms. The largest absolute Gasteiger partial charge is 0.413 e. The lowest BCUT2D eigenvalue weighted by Crippen LogP contribution is -2.19. The molecule has 2 rings (SSSR count). The smallest absolute Gasteiger partial charge is 0.342 e. The molecule has 1 aromatic carbocycles. The Hall–Kier alpha value is -1.00. The number of ether oxygens (including phenoxy) is 2. The molecule has 0 radical (unpaired) electrons. The van der Waals surface area contributed by atoms with Crippen molar-refractivity contribution in [1.82, 2.24) is 0 Å². The highest BCUT2D eigenvalue weighted by Gasteiger charge is 2.19. The number of hydrogen-bond donors (Lipinski definition) is 0. The molecule has 0 bridgehead atoms. The van der Waals surface area contributed by atoms with Gasteiger partial charge >= 0.3 is 5.97 Å². The van der Waals surface area contributed by atoms with Crippen LogP contribution in [0.2, 0.25) is 0 Å². The average Bonchev–Trinajstić information content (AvgIpc) is 2.85. The molecule has 3 nitrogen and oxygen atoms in total. The standard InChI is InChI=1S/C30H50O3S/c1-3-19-27-20-14-15-23-29(27)30(31)33-26(2)34-25-18-12-10-8-6-4-5-7-9-11-13-21-28-22-16-17-24-32-28/h14-15,20,23,26,28H,3-13,16-19,21-22,24-25H2,1-2H3/p+1. The molecule has 1 heterocycles. The van der Waals surface area contributed by atoms with Crippen LogP contribution >= 0.6 is 0 Å². The molecule has 1 aliphatic rings. The molecule has 0 amide bonds. The number of unbranched alkanes of at least 4 members (excludes halogenated alkanes) is 10. The zero-order valence-electron chi connectivity index (χ0n) is 22.1. The molecule has 0 spiro atoms. The third kappa shape index (κ3) is 13.2. The fraction of sp³-hybridized carbons (Fsp3) is 0.767. The van der Waals surface area contributed by atoms with Gasteiger partial charge in [-0.2, -0.15) is 0 Å². The van der Waals surface area contributed by atoms with Gasteiger partial charge in [0.1, 0.15) is 5.75 Å². The van der Waals surface area contributed by atoms with Gasteiger partial charge in [-0.3, -0.25) is 0 Å². The van der Waals surface area contributed by atoms with Gasteiger partial charge in [-0.1, -0.05) is 89.3 Å². The van der Waals surface area contributed by atoms with Crippen molar-refractivity contribution in [3.8, 4) is 0 Å². The van der Waals surface area contributed by atoms with E-state index in [2.05, 4.69) is 6.92 Å². The first-order valence-electron chi connectivity index (χ1n) is 14.3. The number of carbonyl (C=O) groups is 1. The maximum atomic E-state index is 12.5. The van der Waals surface area contributed by atoms with Crippen molar-refractivity contribution in [3.05, 3.63) is 35.4 Å². The minimum Gasteiger partial charge on any atom is -0.413 e. The van der Waals surface area contributed by atoms with E-state index in [0.29, 0.717) is 6.10 Å². The Morgan fingerprint density at radius 2 is 1.62 bits per heavy atom. The topological polar surface area (TPSA) is 35.5 Å². The third-order valence-corrected chi connectivity index (χ3v) is 8.07. The number of thiol groups is 1. The molecule has 1 fully saturated rings. The Bertz CT molecular complexity index is 642. The molecule has 0 aromatic heterocycles. The summed E-state index contributed by atoms with van der Waals surface area (Å²) < 4.78 is 11.5. The van der Waals surface area contributed by atoms with Crippen molar-refractivity contribution in [2.24, 2.45) is 0 Å². The normalized spacial score (nSPS) is 16.9. The number of rotatable bonds is 19. The first kappa shape index (κ1) is 29.2. The van der Waals surface area contributed by atoms with Crippen molar-refractivity contribution in [3.63, 3.8) is 0 Å². The van der Waals surface area contributed by atoms with Gasteiger partial charge in [0, 0.05) is 25.3 Å². The van der Waals surface area contributed by atoms with E-state index in [1.54, 1.807) is 0 Å². The minimum absolute atomic E-state index is 0.0302. The quantitative estimate of drug-likeness (QED) is 0.0846. The van der Waals surface area contributed by atoms with E-state index in [0.717, 1.165) is 36.3 Å². The van der Waals surface area contributed by atoms with Gasteiger partial charge in [-0.25, -0.2) is 4.79 Å². The second-order valence-electron chi connectivity index (χ2n) is 9.98. The van der Waals surface area contributed by atoms with Gasteiger partial charge in [0.05, 0.1) is 11.7 Å². The van der Waals surface area contributed by atoms with Crippen molar-refractivity contribution >= 4 is 17.7 Å². The molecule has 1 saturated heterocycles. The highest BCUT2D eigenvalue weighted by atomic mass is 32.2. The molecular weight excluding hydrogens is 440 g/mol. The van der Waals surface area contributed by atoms with E-state index in [1.807, 2.05) is 31.2 Å². The van der Waals surface area contributed by atoms with Gasteiger partial charge in [0.15, 0.2) is 0 Å². The Balaban J connectivity index is 1.36. The second-order valence-corrected chi connectivity index (χ2v) is 11.5. The van der Waals surface area contributed by atoms with E-state index in [1.165, 1.54) is 108 Å². The van der Waals surface area contributed by atoms with Gasteiger partial charge in [0.25, 0.3) is 5.44 Å². The summed E-state index contributed by atoms with van der Waals surface area (Å²) in [6.45, 7) is 5.15. The summed E-state index contributed by atoms with van der Waals surface area (Å²) in [4.78, 5) is 12.5. The van der Waals surface area contributed by atoms with E-state index < -0.39 is 0 Å². The summed E-state index contributed by atoms with van der Waals surface area (Å²) in [6.07, 6.45) is 22.7. The maximum absolute atomic E-state index is 12.5. The number of carbonyl (C=O) groups excluding carboxylic acids is 1. The van der Waals surface area contributed by atoms with Crippen LogP contribution in [0.5, 0.6) is 0 Å². The monoisotopic (exact) mass is 491 g/mol. The summed E-state index contributed by atoms with van der Waals surface area (Å²) in [5, 5.41) is 0. The summed E-state index contributed by atoms with van der Waals surface area (Å²) in [5.74, 6) is 0.957. The van der Waals surface area contributed by atoms with Crippen LogP contribution in [0.15, 0.2) is 24.3 Å². The van der Waals surface area contributed by atoms with Crippen LogP contribution < -0.4 is 0 Å². The van der Waals surface area contributed by atoms with E-state index in [9.17, 15) is 4.79 Å². The highest BCUT2D eigenvalue weighted by molar-refractivity contribution is 7.78. The first-order chi connectivity index (χ1) is 16.7. The van der Waals surface area contributed by atoms with Crippen molar-refractivity contribution < 1.29 is 14.3 Å². The highest BCUT2D eigenvalue weighted by Crippen LogP contribution is 2.19. The van der Waals surface area contributed by atoms with Gasteiger partial charge in [-0.15, -0.1) is 0 Å². The Morgan fingerprint density at radius 3 is 2.26 bits per heavy atom. The molecule has 34 heavy (non-hydrogen) atoms. The number of esters is 1. The van der Waals surface area contributed by atoms with Crippen LogP contribution in [0, 0.1) is 0 Å². The lowest BCUT2D eigenvalue weighted by molar-refractivity contribution is 0.00976. The van der Waals surface area contributed by atoms with Crippen LogP contribution in [0.25, 0.3) is 0 Å². The van der Waals surface area contributed by atoms with E-state index in [4.69, 9.17) is 9.47 Å². The van der Waals surface area contributed by atoms with Gasteiger partial charge < -0.3 is 9.47 Å². The Kier molecular flexibility index (Phi) is 16.5. The van der Waals surface area contributed by atoms with Crippen molar-refractivity contribution in [2.45, 2.75) is 135 Å². The fourth-order valence-electron chi connectivity index (χ4n) is 4.85. The lowest BCUT2D eigenvalue weighted by Gasteiger charge is -2.22. The van der Waals surface area contributed by atoms with Crippen LogP contribution in [0.4, 0.5) is 0 Å². The van der Waals surface area contributed by atoms with Crippen LogP contribution in [0.3, 0.4) is 0 Å². The first-order valence-corrected chi connectivity index (χ1v) is 15.4. The maximum Gasteiger partial charge on any atom is 0.342 e. The summed E-state index contributed by atoms with van der Waals surface area (Å²) in [5.41, 5.74) is 1.81. The van der Waals surface area contributed by atoms with E-state index in [-0.39, 0.29) is 11.4 Å². The summed E-state index contributed by atoms with van der Waals surface area (Å²) in [7, 11) is 0. The van der Waals surface area contributed by atoms with Crippen LogP contribution in [0.1, 0.15) is 133 Å². The molecule has 0 N–H and O–H groups in total. The zero-order valence-corrected chi connectivity index (χ0v) is 23.0. The minimum atomic E-state index is -0.165. The average molecular weight is 492 g/mol. The lowest BCUT2D eigenvalue weighted by atomic mass is 10.0. The second kappa shape index (κ2) is 19.2. The molecule has 2 unspecified atom stereocenters. The molecule has 1 aliphatic heterocycles. The fourth-order valence-corrected chi connectivity index (χ4v) is 5.79. The Labute approximate surface area is 214 Å². The predicted octanol–water partition coefficient (Wildman–Crippen LogP) is 8.21. The molecule has 1 aromatic rings. The van der Waals surface area contributed by atoms with Crippen molar-refractivity contribution in [1.29, 1.82) is 0 Å². The summed E-state index contributed by atoms with van der Waals surface area (Å²) in [6, 6.07) is 7.85. The van der Waals surface area contributed by atoms with Crippen molar-refractivity contribution in [2.75, 3.05) is 12.4 Å². The number of hydrogen-bond acceptors (Lipinski definition) is 3. The number of aryl methyl sites for hydroxylation is 1. The van der Waals surface area contributed by atoms with Crippen LogP contribution in [-0.2, 0) is 27.7 Å². The molecule has 2 atom stereocenters. The number of benzene rings is 1.